The SMILES string of the molecule is Cn1nc(COc2ccccc2)c(-c2nc3ccccc3[nH]2)c1N. The number of anilines is 1. The fraction of sp³-hybridized carbons (Fsp3) is 0.111. The second kappa shape index (κ2) is 5.73. The van der Waals surface area contributed by atoms with Gasteiger partial charge < -0.3 is 15.5 Å². The Morgan fingerprint density at radius 2 is 1.83 bits per heavy atom. The van der Waals surface area contributed by atoms with E-state index in [0.717, 1.165) is 28.0 Å². The molecule has 0 aliphatic heterocycles. The van der Waals surface area contributed by atoms with Crippen LogP contribution in [-0.4, -0.2) is 19.7 Å². The van der Waals surface area contributed by atoms with Crippen molar-refractivity contribution in [1.82, 2.24) is 19.7 Å². The second-order valence-corrected chi connectivity index (χ2v) is 5.53. The normalized spacial score (nSPS) is 11.0. The topological polar surface area (TPSA) is 81.8 Å². The highest BCUT2D eigenvalue weighted by molar-refractivity contribution is 5.82. The van der Waals surface area contributed by atoms with Crippen LogP contribution in [0.2, 0.25) is 0 Å². The van der Waals surface area contributed by atoms with Gasteiger partial charge in [-0.05, 0) is 24.3 Å². The predicted molar refractivity (Wildman–Crippen MR) is 93.5 cm³/mol. The Hall–Kier alpha value is -3.28. The molecule has 6 heteroatoms. The minimum absolute atomic E-state index is 0.321. The van der Waals surface area contributed by atoms with Crippen molar-refractivity contribution in [3.63, 3.8) is 0 Å². The standard InChI is InChI=1S/C18H17N5O/c1-23-17(19)16(18-20-13-9-5-6-10-14(13)21-18)15(22-23)11-24-12-7-3-2-4-8-12/h2-10H,11,19H2,1H3,(H,20,21). The van der Waals surface area contributed by atoms with Crippen molar-refractivity contribution >= 4 is 16.9 Å². The van der Waals surface area contributed by atoms with Crippen LogP contribution in [0.25, 0.3) is 22.4 Å². The van der Waals surface area contributed by atoms with Crippen molar-refractivity contribution in [3.05, 3.63) is 60.3 Å². The smallest absolute Gasteiger partial charge is 0.144 e. The quantitative estimate of drug-likeness (QED) is 0.605. The van der Waals surface area contributed by atoms with E-state index in [1.54, 1.807) is 4.68 Å². The van der Waals surface area contributed by atoms with Gasteiger partial charge in [0.2, 0.25) is 0 Å². The van der Waals surface area contributed by atoms with Crippen LogP contribution in [0, 0.1) is 0 Å². The van der Waals surface area contributed by atoms with Gasteiger partial charge >= 0.3 is 0 Å². The number of rotatable bonds is 4. The van der Waals surface area contributed by atoms with Gasteiger partial charge in [0.05, 0.1) is 16.6 Å². The molecule has 0 atom stereocenters. The number of imidazole rings is 1. The summed E-state index contributed by atoms with van der Waals surface area (Å²) >= 11 is 0. The Balaban J connectivity index is 1.72. The summed E-state index contributed by atoms with van der Waals surface area (Å²) in [5.74, 6) is 2.05. The van der Waals surface area contributed by atoms with E-state index in [0.29, 0.717) is 18.2 Å². The van der Waals surface area contributed by atoms with Gasteiger partial charge in [0.25, 0.3) is 0 Å². The van der Waals surface area contributed by atoms with E-state index >= 15 is 0 Å². The number of fused-ring (bicyclic) bond motifs is 1. The number of para-hydroxylation sites is 3. The zero-order chi connectivity index (χ0) is 16.5. The van der Waals surface area contributed by atoms with Gasteiger partial charge in [0.1, 0.15) is 29.7 Å². The molecule has 4 rings (SSSR count). The van der Waals surface area contributed by atoms with Crippen LogP contribution >= 0.6 is 0 Å². The molecule has 0 saturated heterocycles. The number of aryl methyl sites for hydroxylation is 1. The Morgan fingerprint density at radius 1 is 1.08 bits per heavy atom. The zero-order valence-electron chi connectivity index (χ0n) is 13.2. The maximum atomic E-state index is 6.21. The second-order valence-electron chi connectivity index (χ2n) is 5.53. The predicted octanol–water partition coefficient (Wildman–Crippen LogP) is 3.12. The van der Waals surface area contributed by atoms with Gasteiger partial charge in [-0.3, -0.25) is 4.68 Å². The van der Waals surface area contributed by atoms with Crippen molar-refractivity contribution in [1.29, 1.82) is 0 Å². The molecule has 0 bridgehead atoms. The number of nitrogen functional groups attached to an aromatic ring is 1. The molecule has 0 fully saturated rings. The number of nitrogens with zero attached hydrogens (tertiary/aromatic N) is 3. The van der Waals surface area contributed by atoms with Crippen LogP contribution in [0.15, 0.2) is 54.6 Å². The van der Waals surface area contributed by atoms with Crippen LogP contribution < -0.4 is 10.5 Å². The highest BCUT2D eigenvalue weighted by atomic mass is 16.5. The van der Waals surface area contributed by atoms with E-state index in [-0.39, 0.29) is 0 Å². The van der Waals surface area contributed by atoms with Gasteiger partial charge in [0, 0.05) is 7.05 Å². The fourth-order valence-corrected chi connectivity index (χ4v) is 2.69. The Morgan fingerprint density at radius 3 is 2.62 bits per heavy atom. The van der Waals surface area contributed by atoms with Crippen molar-refractivity contribution < 1.29 is 4.74 Å². The largest absolute Gasteiger partial charge is 0.487 e. The molecule has 6 nitrogen and oxygen atoms in total. The lowest BCUT2D eigenvalue weighted by molar-refractivity contribution is 0.300. The maximum absolute atomic E-state index is 6.21. The summed E-state index contributed by atoms with van der Waals surface area (Å²) in [5.41, 5.74) is 9.60. The highest BCUT2D eigenvalue weighted by Gasteiger charge is 2.19. The minimum atomic E-state index is 0.321. The lowest BCUT2D eigenvalue weighted by Crippen LogP contribution is -1.99. The average Bonchev–Trinajstić information content (AvgIpc) is 3.15. The molecule has 120 valence electrons. The number of aromatic nitrogens is 4. The number of ether oxygens (including phenoxy) is 1. The van der Waals surface area contributed by atoms with Crippen LogP contribution in [0.4, 0.5) is 5.82 Å². The summed E-state index contributed by atoms with van der Waals surface area (Å²) in [6.07, 6.45) is 0. The Bertz CT molecular complexity index is 954. The third-order valence-corrected chi connectivity index (χ3v) is 3.91. The number of benzene rings is 2. The molecule has 3 N–H and O–H groups in total. The number of hydrogen-bond donors (Lipinski definition) is 2. The van der Waals surface area contributed by atoms with Gasteiger partial charge in [-0.25, -0.2) is 4.98 Å². The van der Waals surface area contributed by atoms with Gasteiger partial charge in [-0.1, -0.05) is 30.3 Å². The summed E-state index contributed by atoms with van der Waals surface area (Å²) in [5, 5.41) is 4.48. The Labute approximate surface area is 138 Å². The molecule has 0 spiro atoms. The van der Waals surface area contributed by atoms with Crippen LogP contribution in [0.3, 0.4) is 0 Å². The molecule has 0 saturated carbocycles. The summed E-state index contributed by atoms with van der Waals surface area (Å²) in [6, 6.07) is 17.5. The van der Waals surface area contributed by atoms with E-state index in [1.807, 2.05) is 61.6 Å². The molecule has 0 aliphatic rings. The van der Waals surface area contributed by atoms with E-state index < -0.39 is 0 Å². The zero-order valence-corrected chi connectivity index (χ0v) is 13.2. The average molecular weight is 319 g/mol. The van der Waals surface area contributed by atoms with Crippen molar-refractivity contribution in [3.8, 4) is 17.1 Å². The third-order valence-electron chi connectivity index (χ3n) is 3.91. The molecule has 0 unspecified atom stereocenters. The highest BCUT2D eigenvalue weighted by Crippen LogP contribution is 2.29. The molecule has 2 aromatic carbocycles. The molecule has 0 aliphatic carbocycles. The van der Waals surface area contributed by atoms with E-state index in [1.165, 1.54) is 0 Å². The van der Waals surface area contributed by atoms with E-state index in [4.69, 9.17) is 10.5 Å². The first-order valence-corrected chi connectivity index (χ1v) is 7.66. The van der Waals surface area contributed by atoms with Gasteiger partial charge in [-0.15, -0.1) is 0 Å². The Kier molecular flexibility index (Phi) is 3.42. The summed E-state index contributed by atoms with van der Waals surface area (Å²) in [6.45, 7) is 0.321. The maximum Gasteiger partial charge on any atom is 0.144 e. The molecule has 2 aromatic heterocycles. The first-order valence-electron chi connectivity index (χ1n) is 7.66. The van der Waals surface area contributed by atoms with Crippen molar-refractivity contribution in [2.75, 3.05) is 5.73 Å². The number of nitrogens with two attached hydrogens (primary N) is 1. The van der Waals surface area contributed by atoms with Crippen LogP contribution in [0.1, 0.15) is 5.69 Å². The first-order chi connectivity index (χ1) is 11.7. The lowest BCUT2D eigenvalue weighted by Gasteiger charge is -2.05. The number of aromatic amines is 1. The number of hydrogen-bond acceptors (Lipinski definition) is 4. The van der Waals surface area contributed by atoms with Crippen molar-refractivity contribution in [2.24, 2.45) is 7.05 Å². The van der Waals surface area contributed by atoms with Crippen LogP contribution in [0.5, 0.6) is 5.75 Å². The fourth-order valence-electron chi connectivity index (χ4n) is 2.69. The third kappa shape index (κ3) is 2.48. The molecule has 24 heavy (non-hydrogen) atoms. The summed E-state index contributed by atoms with van der Waals surface area (Å²) < 4.78 is 7.47. The van der Waals surface area contributed by atoms with E-state index in [9.17, 15) is 0 Å². The van der Waals surface area contributed by atoms with E-state index in [2.05, 4.69) is 15.1 Å². The molecule has 0 amide bonds. The lowest BCUT2D eigenvalue weighted by atomic mass is 10.2. The number of nitrogens with one attached hydrogen (secondary N) is 1. The van der Waals surface area contributed by atoms with Crippen LogP contribution in [-0.2, 0) is 13.7 Å². The summed E-state index contributed by atoms with van der Waals surface area (Å²) in [4.78, 5) is 7.93. The molecular weight excluding hydrogens is 302 g/mol. The van der Waals surface area contributed by atoms with Gasteiger partial charge in [0.15, 0.2) is 0 Å². The molecule has 4 aromatic rings. The molecule has 2 heterocycles. The molecule has 0 radical (unpaired) electrons. The van der Waals surface area contributed by atoms with Gasteiger partial charge in [-0.2, -0.15) is 5.10 Å². The first kappa shape index (κ1) is 14.3. The summed E-state index contributed by atoms with van der Waals surface area (Å²) in [7, 11) is 1.81. The molecular formula is C18H17N5O. The minimum Gasteiger partial charge on any atom is -0.487 e. The monoisotopic (exact) mass is 319 g/mol. The van der Waals surface area contributed by atoms with Crippen molar-refractivity contribution in [2.45, 2.75) is 6.61 Å². The number of H-pyrrole nitrogens is 1.